The van der Waals surface area contributed by atoms with Crippen molar-refractivity contribution in [1.29, 1.82) is 0 Å². The standard InChI is InChI=1S/C14H22N2O3/c1-9(2)7-12(13(18)8-14(15)19)16-10-3-5-11(17)6-4-10/h3-6,9,12-13,16-18H,7-8H2,1-2H3,(H2,15,19)/t12-,13-/m0/s1. The maximum atomic E-state index is 10.9. The second-order valence-electron chi connectivity index (χ2n) is 5.17. The van der Waals surface area contributed by atoms with Gasteiger partial charge < -0.3 is 21.3 Å². The van der Waals surface area contributed by atoms with Crippen LogP contribution < -0.4 is 11.1 Å². The summed E-state index contributed by atoms with van der Waals surface area (Å²) < 4.78 is 0. The van der Waals surface area contributed by atoms with Gasteiger partial charge in [-0.2, -0.15) is 0 Å². The van der Waals surface area contributed by atoms with Gasteiger partial charge in [-0.15, -0.1) is 0 Å². The molecule has 0 saturated heterocycles. The number of carbonyl (C=O) groups excluding carboxylic acids is 1. The molecule has 0 radical (unpaired) electrons. The van der Waals surface area contributed by atoms with Gasteiger partial charge in [-0.3, -0.25) is 4.79 Å². The molecular formula is C14H22N2O3. The second-order valence-corrected chi connectivity index (χ2v) is 5.17. The van der Waals surface area contributed by atoms with Crippen molar-refractivity contribution in [2.24, 2.45) is 11.7 Å². The summed E-state index contributed by atoms with van der Waals surface area (Å²) in [4.78, 5) is 10.9. The molecular weight excluding hydrogens is 244 g/mol. The summed E-state index contributed by atoms with van der Waals surface area (Å²) in [6.45, 7) is 4.09. The summed E-state index contributed by atoms with van der Waals surface area (Å²) >= 11 is 0. The zero-order valence-electron chi connectivity index (χ0n) is 11.3. The predicted octanol–water partition coefficient (Wildman–Crippen LogP) is 1.46. The molecule has 19 heavy (non-hydrogen) atoms. The van der Waals surface area contributed by atoms with Gasteiger partial charge >= 0.3 is 0 Å². The molecule has 0 unspecified atom stereocenters. The van der Waals surface area contributed by atoms with Gasteiger partial charge in [0, 0.05) is 5.69 Å². The molecule has 0 aromatic heterocycles. The maximum Gasteiger partial charge on any atom is 0.220 e. The summed E-state index contributed by atoms with van der Waals surface area (Å²) in [5.74, 6) is 0.0366. The van der Waals surface area contributed by atoms with Crippen molar-refractivity contribution in [3.8, 4) is 5.75 Å². The molecule has 0 bridgehead atoms. The van der Waals surface area contributed by atoms with E-state index in [1.54, 1.807) is 24.3 Å². The molecule has 5 heteroatoms. The van der Waals surface area contributed by atoms with Gasteiger partial charge in [0.2, 0.25) is 5.91 Å². The molecule has 106 valence electrons. The maximum absolute atomic E-state index is 10.9. The minimum absolute atomic E-state index is 0.0670. The van der Waals surface area contributed by atoms with Crippen molar-refractivity contribution >= 4 is 11.6 Å². The van der Waals surface area contributed by atoms with E-state index in [0.29, 0.717) is 5.92 Å². The van der Waals surface area contributed by atoms with Crippen LogP contribution in [0.5, 0.6) is 5.75 Å². The summed E-state index contributed by atoms with van der Waals surface area (Å²) in [5.41, 5.74) is 5.90. The van der Waals surface area contributed by atoms with Gasteiger partial charge in [0.05, 0.1) is 18.6 Å². The van der Waals surface area contributed by atoms with Gasteiger partial charge in [0.1, 0.15) is 5.75 Å². The topological polar surface area (TPSA) is 95.6 Å². The molecule has 0 spiro atoms. The van der Waals surface area contributed by atoms with E-state index >= 15 is 0 Å². The van der Waals surface area contributed by atoms with Crippen LogP contribution in [-0.2, 0) is 4.79 Å². The van der Waals surface area contributed by atoms with Crippen molar-refractivity contribution in [3.63, 3.8) is 0 Å². The van der Waals surface area contributed by atoms with Crippen molar-refractivity contribution in [2.45, 2.75) is 38.8 Å². The normalized spacial score (nSPS) is 14.1. The highest BCUT2D eigenvalue weighted by Crippen LogP contribution is 2.19. The Hall–Kier alpha value is -1.75. The predicted molar refractivity (Wildman–Crippen MR) is 74.8 cm³/mol. The number of aromatic hydroxyl groups is 1. The highest BCUT2D eigenvalue weighted by atomic mass is 16.3. The summed E-state index contributed by atoms with van der Waals surface area (Å²) in [6, 6.07) is 6.32. The molecule has 0 aliphatic carbocycles. The Labute approximate surface area is 113 Å². The Morgan fingerprint density at radius 1 is 1.32 bits per heavy atom. The van der Waals surface area contributed by atoms with E-state index in [4.69, 9.17) is 5.73 Å². The molecule has 5 nitrogen and oxygen atoms in total. The minimum atomic E-state index is -0.825. The number of rotatable bonds is 7. The number of nitrogens with one attached hydrogen (secondary N) is 1. The lowest BCUT2D eigenvalue weighted by Gasteiger charge is -2.26. The Bertz CT molecular complexity index is 404. The third-order valence-corrected chi connectivity index (χ3v) is 2.82. The smallest absolute Gasteiger partial charge is 0.220 e. The molecule has 0 fully saturated rings. The fraction of sp³-hybridized carbons (Fsp3) is 0.500. The Kier molecular flexibility index (Phi) is 5.63. The van der Waals surface area contributed by atoms with E-state index in [9.17, 15) is 15.0 Å². The Balaban J connectivity index is 2.73. The number of carbonyl (C=O) groups is 1. The van der Waals surface area contributed by atoms with Crippen LogP contribution in [0.25, 0.3) is 0 Å². The number of hydrogen-bond acceptors (Lipinski definition) is 4. The van der Waals surface area contributed by atoms with Crippen LogP contribution in [0.1, 0.15) is 26.7 Å². The highest BCUT2D eigenvalue weighted by Gasteiger charge is 2.22. The van der Waals surface area contributed by atoms with Crippen LogP contribution in [-0.4, -0.2) is 28.3 Å². The molecule has 1 rings (SSSR count). The number of amides is 1. The van der Waals surface area contributed by atoms with Crippen LogP contribution in [0, 0.1) is 5.92 Å². The van der Waals surface area contributed by atoms with Crippen molar-refractivity contribution < 1.29 is 15.0 Å². The molecule has 1 amide bonds. The first-order chi connectivity index (χ1) is 8.88. The van der Waals surface area contributed by atoms with E-state index in [0.717, 1.165) is 12.1 Å². The van der Waals surface area contributed by atoms with Crippen molar-refractivity contribution in [1.82, 2.24) is 0 Å². The molecule has 0 aliphatic heterocycles. The second kappa shape index (κ2) is 6.99. The quantitative estimate of drug-likeness (QED) is 0.562. The van der Waals surface area contributed by atoms with E-state index < -0.39 is 12.0 Å². The lowest BCUT2D eigenvalue weighted by molar-refractivity contribution is -0.120. The van der Waals surface area contributed by atoms with E-state index in [-0.39, 0.29) is 18.2 Å². The molecule has 1 aromatic rings. The number of nitrogens with two attached hydrogens (primary N) is 1. The largest absolute Gasteiger partial charge is 0.508 e. The average Bonchev–Trinajstić information content (AvgIpc) is 2.29. The number of aliphatic hydroxyl groups is 1. The third kappa shape index (κ3) is 5.61. The third-order valence-electron chi connectivity index (χ3n) is 2.82. The number of benzene rings is 1. The number of hydrogen-bond donors (Lipinski definition) is 4. The lowest BCUT2D eigenvalue weighted by Crippen LogP contribution is -2.37. The molecule has 1 aromatic carbocycles. The van der Waals surface area contributed by atoms with Gasteiger partial charge in [-0.25, -0.2) is 0 Å². The monoisotopic (exact) mass is 266 g/mol. The average molecular weight is 266 g/mol. The number of phenols is 1. The van der Waals surface area contributed by atoms with Gasteiger partial charge in [-0.1, -0.05) is 13.8 Å². The first-order valence-electron chi connectivity index (χ1n) is 6.40. The van der Waals surface area contributed by atoms with E-state index in [1.165, 1.54) is 0 Å². The Morgan fingerprint density at radius 3 is 2.37 bits per heavy atom. The van der Waals surface area contributed by atoms with Crippen LogP contribution >= 0.6 is 0 Å². The van der Waals surface area contributed by atoms with E-state index in [2.05, 4.69) is 5.32 Å². The molecule has 5 N–H and O–H groups in total. The summed E-state index contributed by atoms with van der Waals surface area (Å²) in [6.07, 6.45) is -0.175. The van der Waals surface area contributed by atoms with E-state index in [1.807, 2.05) is 13.8 Å². The summed E-state index contributed by atoms with van der Waals surface area (Å²) in [7, 11) is 0. The number of primary amides is 1. The van der Waals surface area contributed by atoms with Gasteiger partial charge in [-0.05, 0) is 36.6 Å². The van der Waals surface area contributed by atoms with Crippen molar-refractivity contribution in [3.05, 3.63) is 24.3 Å². The first-order valence-corrected chi connectivity index (χ1v) is 6.40. The zero-order valence-corrected chi connectivity index (χ0v) is 11.3. The molecule has 2 atom stereocenters. The van der Waals surface area contributed by atoms with Crippen molar-refractivity contribution in [2.75, 3.05) is 5.32 Å². The van der Waals surface area contributed by atoms with Crippen LogP contribution in [0.15, 0.2) is 24.3 Å². The number of phenolic OH excluding ortho intramolecular Hbond substituents is 1. The molecule has 0 aliphatic rings. The van der Waals surface area contributed by atoms with Crippen LogP contribution in [0.3, 0.4) is 0 Å². The van der Waals surface area contributed by atoms with Crippen LogP contribution in [0.4, 0.5) is 5.69 Å². The lowest BCUT2D eigenvalue weighted by atomic mass is 9.97. The zero-order chi connectivity index (χ0) is 14.4. The minimum Gasteiger partial charge on any atom is -0.508 e. The molecule has 0 heterocycles. The molecule has 0 saturated carbocycles. The number of anilines is 1. The SMILES string of the molecule is CC(C)C[C@H](Nc1ccc(O)cc1)[C@@H](O)CC(N)=O. The number of aliphatic hydroxyl groups excluding tert-OH is 1. The Morgan fingerprint density at radius 2 is 1.89 bits per heavy atom. The summed E-state index contributed by atoms with van der Waals surface area (Å²) in [5, 5.41) is 22.4. The fourth-order valence-electron chi connectivity index (χ4n) is 1.94. The highest BCUT2D eigenvalue weighted by molar-refractivity contribution is 5.74. The van der Waals surface area contributed by atoms with Gasteiger partial charge in [0.15, 0.2) is 0 Å². The van der Waals surface area contributed by atoms with Gasteiger partial charge in [0.25, 0.3) is 0 Å². The first kappa shape index (κ1) is 15.3. The fourth-order valence-corrected chi connectivity index (χ4v) is 1.94. The van der Waals surface area contributed by atoms with Crippen LogP contribution in [0.2, 0.25) is 0 Å².